The maximum atomic E-state index is 13.2. The van der Waals surface area contributed by atoms with Crippen LogP contribution in [0.15, 0.2) is 60.7 Å². The van der Waals surface area contributed by atoms with Crippen molar-refractivity contribution in [3.63, 3.8) is 0 Å². The van der Waals surface area contributed by atoms with Gasteiger partial charge in [-0.15, -0.1) is 0 Å². The Morgan fingerprint density at radius 1 is 1.03 bits per heavy atom. The number of ketones is 1. The monoisotopic (exact) mass is 404 g/mol. The molecule has 3 heteroatoms. The number of rotatable bonds is 6. The molecule has 0 bridgehead atoms. The highest BCUT2D eigenvalue weighted by molar-refractivity contribution is 5.96. The predicted molar refractivity (Wildman–Crippen MR) is 125 cm³/mol. The first-order valence-electron chi connectivity index (χ1n) is 10.8. The van der Waals surface area contributed by atoms with Crippen molar-refractivity contribution in [2.24, 2.45) is 5.92 Å². The lowest BCUT2D eigenvalue weighted by atomic mass is 9.76. The van der Waals surface area contributed by atoms with Gasteiger partial charge in [0.25, 0.3) is 0 Å². The van der Waals surface area contributed by atoms with Crippen LogP contribution in [0.5, 0.6) is 0 Å². The van der Waals surface area contributed by atoms with Crippen LogP contribution in [-0.4, -0.2) is 47.7 Å². The molecular formula is C27H34NO2+. The Labute approximate surface area is 181 Å². The summed E-state index contributed by atoms with van der Waals surface area (Å²) in [6.45, 7) is 8.70. The minimum absolute atomic E-state index is 0.0101. The Bertz CT molecular complexity index is 926. The van der Waals surface area contributed by atoms with E-state index in [-0.39, 0.29) is 5.78 Å². The van der Waals surface area contributed by atoms with Crippen molar-refractivity contribution in [2.75, 3.05) is 26.7 Å². The van der Waals surface area contributed by atoms with Crippen LogP contribution in [0.4, 0.5) is 0 Å². The van der Waals surface area contributed by atoms with Crippen LogP contribution in [0.2, 0.25) is 0 Å². The Morgan fingerprint density at radius 2 is 1.57 bits per heavy atom. The number of likely N-dealkylation sites (tertiary alicyclic amines) is 1. The Balaban J connectivity index is 1.85. The van der Waals surface area contributed by atoms with Crippen LogP contribution in [0.1, 0.15) is 35.6 Å². The van der Waals surface area contributed by atoms with Gasteiger partial charge in [-0.05, 0) is 38.0 Å². The van der Waals surface area contributed by atoms with Crippen LogP contribution in [0.25, 0.3) is 12.2 Å². The van der Waals surface area contributed by atoms with E-state index >= 15 is 0 Å². The topological polar surface area (TPSA) is 37.3 Å². The second kappa shape index (κ2) is 9.11. The molecule has 0 radical (unpaired) electrons. The normalized spacial score (nSPS) is 27.0. The van der Waals surface area contributed by atoms with E-state index in [2.05, 4.69) is 33.0 Å². The van der Waals surface area contributed by atoms with Crippen LogP contribution in [-0.2, 0) is 4.79 Å². The number of piperidine rings is 1. The van der Waals surface area contributed by atoms with Crippen molar-refractivity contribution in [1.82, 2.24) is 0 Å². The molecule has 1 saturated heterocycles. The molecule has 0 amide bonds. The standard InChI is InChI=1S/C27H34NO2/c1-5-28(4)19-18-27(30,17-16-24-12-8-22(3)9-13-24)25(20-28)26(29)15-14-23-10-6-21(2)7-11-23/h6-17,25,30H,5,18-20H2,1-4H3/q+1/b15-14+,17-16+. The van der Waals surface area contributed by atoms with E-state index in [0.717, 1.165) is 28.7 Å². The van der Waals surface area contributed by atoms with E-state index in [1.807, 2.05) is 61.5 Å². The molecule has 0 spiro atoms. The summed E-state index contributed by atoms with van der Waals surface area (Å²) in [5.41, 5.74) is 3.29. The molecule has 3 nitrogen and oxygen atoms in total. The average Bonchev–Trinajstić information content (AvgIpc) is 2.75. The third kappa shape index (κ3) is 5.35. The summed E-state index contributed by atoms with van der Waals surface area (Å²) in [6, 6.07) is 16.3. The van der Waals surface area contributed by atoms with Gasteiger partial charge in [-0.25, -0.2) is 0 Å². The van der Waals surface area contributed by atoms with Gasteiger partial charge in [0.1, 0.15) is 11.5 Å². The van der Waals surface area contributed by atoms with Crippen molar-refractivity contribution in [3.8, 4) is 0 Å². The molecule has 1 aliphatic heterocycles. The van der Waals surface area contributed by atoms with E-state index in [9.17, 15) is 9.90 Å². The Morgan fingerprint density at radius 3 is 2.10 bits per heavy atom. The molecule has 3 rings (SSSR count). The Kier molecular flexibility index (Phi) is 6.74. The molecule has 1 heterocycles. The average molecular weight is 405 g/mol. The quantitative estimate of drug-likeness (QED) is 0.554. The maximum absolute atomic E-state index is 13.2. The lowest BCUT2D eigenvalue weighted by Crippen LogP contribution is -2.61. The zero-order chi connectivity index (χ0) is 21.8. The predicted octanol–water partition coefficient (Wildman–Crippen LogP) is 4.82. The zero-order valence-corrected chi connectivity index (χ0v) is 18.6. The fraction of sp³-hybridized carbons (Fsp3) is 0.370. The van der Waals surface area contributed by atoms with E-state index in [4.69, 9.17) is 0 Å². The molecule has 158 valence electrons. The summed E-state index contributed by atoms with van der Waals surface area (Å²) in [5.74, 6) is -0.469. The van der Waals surface area contributed by atoms with Crippen molar-refractivity contribution in [2.45, 2.75) is 32.8 Å². The van der Waals surface area contributed by atoms with Crippen molar-refractivity contribution in [3.05, 3.63) is 82.9 Å². The van der Waals surface area contributed by atoms with Gasteiger partial charge in [-0.3, -0.25) is 4.79 Å². The van der Waals surface area contributed by atoms with Crippen LogP contribution >= 0.6 is 0 Å². The number of nitrogens with zero attached hydrogens (tertiary/aromatic N) is 1. The van der Waals surface area contributed by atoms with Crippen molar-refractivity contribution < 1.29 is 14.4 Å². The van der Waals surface area contributed by atoms with Gasteiger partial charge in [0.2, 0.25) is 0 Å². The minimum Gasteiger partial charge on any atom is -0.385 e. The second-order valence-corrected chi connectivity index (χ2v) is 9.03. The van der Waals surface area contributed by atoms with E-state index in [1.54, 1.807) is 6.08 Å². The van der Waals surface area contributed by atoms with Gasteiger partial charge in [-0.1, -0.05) is 77.9 Å². The lowest BCUT2D eigenvalue weighted by Gasteiger charge is -2.46. The third-order valence-corrected chi connectivity index (χ3v) is 6.54. The van der Waals surface area contributed by atoms with Crippen LogP contribution in [0, 0.1) is 19.8 Å². The highest BCUT2D eigenvalue weighted by atomic mass is 16.3. The molecule has 30 heavy (non-hydrogen) atoms. The van der Waals surface area contributed by atoms with E-state index < -0.39 is 11.5 Å². The maximum Gasteiger partial charge on any atom is 0.167 e. The first-order chi connectivity index (χ1) is 14.2. The summed E-state index contributed by atoms with van der Waals surface area (Å²) in [5, 5.41) is 11.5. The SMILES string of the molecule is CC[N+]1(C)CCC(O)(/C=C/c2ccc(C)cc2)C(C(=O)/C=C/c2ccc(C)cc2)C1. The first-order valence-corrected chi connectivity index (χ1v) is 10.8. The number of aliphatic hydroxyl groups is 1. The second-order valence-electron chi connectivity index (χ2n) is 9.03. The van der Waals surface area contributed by atoms with Crippen molar-refractivity contribution >= 4 is 17.9 Å². The summed E-state index contributed by atoms with van der Waals surface area (Å²) < 4.78 is 0.801. The smallest absolute Gasteiger partial charge is 0.167 e. The number of hydrogen-bond donors (Lipinski definition) is 1. The number of quaternary nitrogens is 1. The fourth-order valence-electron chi connectivity index (χ4n) is 4.03. The van der Waals surface area contributed by atoms with Gasteiger partial charge >= 0.3 is 0 Å². The van der Waals surface area contributed by atoms with Crippen LogP contribution < -0.4 is 0 Å². The molecule has 1 N–H and O–H groups in total. The third-order valence-electron chi connectivity index (χ3n) is 6.54. The summed E-state index contributed by atoms with van der Waals surface area (Å²) in [4.78, 5) is 13.2. The molecule has 2 aromatic rings. The van der Waals surface area contributed by atoms with E-state index in [0.29, 0.717) is 13.0 Å². The van der Waals surface area contributed by atoms with Gasteiger partial charge in [-0.2, -0.15) is 0 Å². The number of benzene rings is 2. The summed E-state index contributed by atoms with van der Waals surface area (Å²) in [6.07, 6.45) is 7.88. The number of carbonyl (C=O) groups excluding carboxylic acids is 1. The van der Waals surface area contributed by atoms with Crippen molar-refractivity contribution in [1.29, 1.82) is 0 Å². The highest BCUT2D eigenvalue weighted by Gasteiger charge is 2.48. The molecule has 0 aromatic heterocycles. The molecule has 2 aromatic carbocycles. The summed E-state index contributed by atoms with van der Waals surface area (Å²) >= 11 is 0. The highest BCUT2D eigenvalue weighted by Crippen LogP contribution is 2.34. The molecule has 3 atom stereocenters. The van der Waals surface area contributed by atoms with Crippen LogP contribution in [0.3, 0.4) is 0 Å². The van der Waals surface area contributed by atoms with Gasteiger partial charge in [0.15, 0.2) is 5.78 Å². The molecule has 0 saturated carbocycles. The largest absolute Gasteiger partial charge is 0.385 e. The van der Waals surface area contributed by atoms with Gasteiger partial charge in [0, 0.05) is 6.42 Å². The van der Waals surface area contributed by atoms with E-state index in [1.165, 1.54) is 11.1 Å². The number of aryl methyl sites for hydroxylation is 2. The fourth-order valence-corrected chi connectivity index (χ4v) is 4.03. The zero-order valence-electron chi connectivity index (χ0n) is 18.6. The Hall–Kier alpha value is -2.49. The molecule has 1 aliphatic rings. The summed E-state index contributed by atoms with van der Waals surface area (Å²) in [7, 11) is 2.17. The van der Waals surface area contributed by atoms with Gasteiger partial charge < -0.3 is 9.59 Å². The molecular weight excluding hydrogens is 370 g/mol. The number of allylic oxidation sites excluding steroid dienone is 1. The minimum atomic E-state index is -1.13. The van der Waals surface area contributed by atoms with Gasteiger partial charge in [0.05, 0.1) is 26.7 Å². The number of hydrogen-bond acceptors (Lipinski definition) is 2. The molecule has 1 fully saturated rings. The lowest BCUT2D eigenvalue weighted by molar-refractivity contribution is -0.916. The molecule has 3 unspecified atom stereocenters. The number of carbonyl (C=O) groups is 1. The molecule has 0 aliphatic carbocycles. The first kappa shape index (κ1) is 22.2.